The molecule has 3 rings (SSSR count). The number of nitrogens with two attached hydrogens (primary N) is 1. The normalized spacial score (nSPS) is 13.2. The average molecular weight is 329 g/mol. The van der Waals surface area contributed by atoms with Gasteiger partial charge in [-0.15, -0.1) is 0 Å². The summed E-state index contributed by atoms with van der Waals surface area (Å²) in [5.41, 5.74) is 5.70. The van der Waals surface area contributed by atoms with E-state index in [1.807, 2.05) is 24.3 Å². The van der Waals surface area contributed by atoms with E-state index in [9.17, 15) is 4.79 Å². The number of pyridine rings is 1. The molecule has 0 unspecified atom stereocenters. The number of aromatic nitrogens is 1. The van der Waals surface area contributed by atoms with E-state index in [0.29, 0.717) is 37.0 Å². The number of carbonyl (C=O) groups excluding carboxylic acids is 1. The van der Waals surface area contributed by atoms with Crippen molar-refractivity contribution in [2.24, 2.45) is 0 Å². The van der Waals surface area contributed by atoms with Crippen molar-refractivity contribution in [3.05, 3.63) is 36.4 Å². The highest BCUT2D eigenvalue weighted by molar-refractivity contribution is 5.96. The van der Waals surface area contributed by atoms with E-state index in [1.165, 1.54) is 0 Å². The number of amides is 1. The quantitative estimate of drug-likeness (QED) is 0.814. The molecule has 7 nitrogen and oxygen atoms in total. The van der Waals surface area contributed by atoms with Gasteiger partial charge in [-0.05, 0) is 42.8 Å². The summed E-state index contributed by atoms with van der Waals surface area (Å²) in [6.07, 6.45) is 0.660. The maximum absolute atomic E-state index is 12.1. The molecule has 0 saturated heterocycles. The van der Waals surface area contributed by atoms with E-state index in [2.05, 4.69) is 4.98 Å². The summed E-state index contributed by atoms with van der Waals surface area (Å²) < 4.78 is 16.1. The summed E-state index contributed by atoms with van der Waals surface area (Å²) in [5, 5.41) is 0. The molecule has 24 heavy (non-hydrogen) atoms. The molecule has 2 heterocycles. The van der Waals surface area contributed by atoms with Crippen molar-refractivity contribution >= 4 is 17.5 Å². The summed E-state index contributed by atoms with van der Waals surface area (Å²) in [4.78, 5) is 17.9. The first-order chi connectivity index (χ1) is 11.7. The number of methoxy groups -OCH3 is 1. The molecule has 0 radical (unpaired) electrons. The molecular formula is C17H19N3O4. The molecule has 126 valence electrons. The van der Waals surface area contributed by atoms with Gasteiger partial charge in [-0.1, -0.05) is 0 Å². The van der Waals surface area contributed by atoms with E-state index >= 15 is 0 Å². The molecule has 0 fully saturated rings. The fraction of sp³-hybridized carbons (Fsp3) is 0.294. The van der Waals surface area contributed by atoms with Crippen molar-refractivity contribution in [2.45, 2.75) is 6.42 Å². The molecule has 2 N–H and O–H groups in total. The van der Waals surface area contributed by atoms with Crippen molar-refractivity contribution in [2.75, 3.05) is 37.5 Å². The van der Waals surface area contributed by atoms with Crippen LogP contribution in [0, 0.1) is 0 Å². The summed E-state index contributed by atoms with van der Waals surface area (Å²) in [5.74, 6) is 2.79. The number of hydrogen-bond donors (Lipinski definition) is 1. The van der Waals surface area contributed by atoms with Gasteiger partial charge >= 0.3 is 0 Å². The van der Waals surface area contributed by atoms with Crippen LogP contribution in [0.3, 0.4) is 0 Å². The van der Waals surface area contributed by atoms with Crippen LogP contribution in [0.1, 0.15) is 6.42 Å². The molecule has 0 atom stereocenters. The molecule has 1 aromatic carbocycles. The minimum atomic E-state index is -0.134. The standard InChI is InChI=1S/C17H19N3O4/c1-22-12-3-5-13(6-4-12)23-10-2-9-20-16(21)11-24-14-7-8-15(18)19-17(14)20/h3-8H,2,9-11H2,1H3,(H2,18,19). The van der Waals surface area contributed by atoms with Crippen molar-refractivity contribution in [3.8, 4) is 17.2 Å². The third-order valence-electron chi connectivity index (χ3n) is 3.62. The first kappa shape index (κ1) is 15.9. The van der Waals surface area contributed by atoms with Gasteiger partial charge in [0.2, 0.25) is 0 Å². The Hall–Kier alpha value is -2.96. The Morgan fingerprint density at radius 2 is 1.96 bits per heavy atom. The van der Waals surface area contributed by atoms with Gasteiger partial charge in [0.1, 0.15) is 17.3 Å². The molecule has 7 heteroatoms. The van der Waals surface area contributed by atoms with Crippen LogP contribution in [0.5, 0.6) is 17.2 Å². The van der Waals surface area contributed by atoms with Crippen LogP contribution in [0.2, 0.25) is 0 Å². The van der Waals surface area contributed by atoms with Crippen molar-refractivity contribution in [1.29, 1.82) is 0 Å². The highest BCUT2D eigenvalue weighted by Gasteiger charge is 2.26. The number of fused-ring (bicyclic) bond motifs is 1. The van der Waals surface area contributed by atoms with Gasteiger partial charge in [0, 0.05) is 6.54 Å². The van der Waals surface area contributed by atoms with Gasteiger partial charge in [-0.3, -0.25) is 9.69 Å². The van der Waals surface area contributed by atoms with E-state index in [0.717, 1.165) is 11.5 Å². The molecule has 1 amide bonds. The second kappa shape index (κ2) is 7.08. The largest absolute Gasteiger partial charge is 0.497 e. The third-order valence-corrected chi connectivity index (χ3v) is 3.62. The molecule has 0 spiro atoms. The van der Waals surface area contributed by atoms with Crippen LogP contribution in [-0.2, 0) is 4.79 Å². The molecule has 0 aliphatic carbocycles. The van der Waals surface area contributed by atoms with Crippen molar-refractivity contribution < 1.29 is 19.0 Å². The highest BCUT2D eigenvalue weighted by atomic mass is 16.5. The fourth-order valence-electron chi connectivity index (χ4n) is 2.41. The molecule has 2 aromatic rings. The van der Waals surface area contributed by atoms with Crippen LogP contribution < -0.4 is 24.8 Å². The number of nitrogens with zero attached hydrogens (tertiary/aromatic N) is 2. The second-order valence-corrected chi connectivity index (χ2v) is 5.27. The Balaban J connectivity index is 1.56. The van der Waals surface area contributed by atoms with Crippen LogP contribution in [0.25, 0.3) is 0 Å². The summed E-state index contributed by atoms with van der Waals surface area (Å²) in [6.45, 7) is 0.981. The Bertz CT molecular complexity index is 718. The maximum Gasteiger partial charge on any atom is 0.266 e. The lowest BCUT2D eigenvalue weighted by Crippen LogP contribution is -2.40. The highest BCUT2D eigenvalue weighted by Crippen LogP contribution is 2.30. The lowest BCUT2D eigenvalue weighted by atomic mass is 10.3. The van der Waals surface area contributed by atoms with Gasteiger partial charge in [-0.2, -0.15) is 0 Å². The lowest BCUT2D eigenvalue weighted by Gasteiger charge is -2.28. The zero-order valence-corrected chi connectivity index (χ0v) is 13.4. The molecule has 1 aromatic heterocycles. The first-order valence-corrected chi connectivity index (χ1v) is 7.64. The van der Waals surface area contributed by atoms with Crippen LogP contribution in [0.15, 0.2) is 36.4 Å². The van der Waals surface area contributed by atoms with E-state index in [-0.39, 0.29) is 12.5 Å². The maximum atomic E-state index is 12.1. The zero-order valence-electron chi connectivity index (χ0n) is 13.4. The van der Waals surface area contributed by atoms with Gasteiger partial charge < -0.3 is 19.9 Å². The number of rotatable bonds is 6. The molecule has 1 aliphatic rings. The Labute approximate surface area is 139 Å². The minimum Gasteiger partial charge on any atom is -0.497 e. The first-order valence-electron chi connectivity index (χ1n) is 7.64. The molecule has 0 saturated carbocycles. The Morgan fingerprint density at radius 3 is 2.71 bits per heavy atom. The van der Waals surface area contributed by atoms with E-state index in [4.69, 9.17) is 19.9 Å². The number of ether oxygens (including phenoxy) is 3. The minimum absolute atomic E-state index is 0.0118. The predicted octanol–water partition coefficient (Wildman–Crippen LogP) is 1.87. The van der Waals surface area contributed by atoms with Crippen molar-refractivity contribution in [1.82, 2.24) is 4.98 Å². The molecular weight excluding hydrogens is 310 g/mol. The average Bonchev–Trinajstić information content (AvgIpc) is 2.60. The van der Waals surface area contributed by atoms with E-state index in [1.54, 1.807) is 24.1 Å². The predicted molar refractivity (Wildman–Crippen MR) is 89.6 cm³/mol. The number of anilines is 2. The smallest absolute Gasteiger partial charge is 0.266 e. The van der Waals surface area contributed by atoms with Crippen molar-refractivity contribution in [3.63, 3.8) is 0 Å². The van der Waals surface area contributed by atoms with Gasteiger partial charge in [0.15, 0.2) is 18.2 Å². The zero-order chi connectivity index (χ0) is 16.9. The van der Waals surface area contributed by atoms with Crippen LogP contribution >= 0.6 is 0 Å². The topological polar surface area (TPSA) is 86.9 Å². The number of carbonyl (C=O) groups is 1. The van der Waals surface area contributed by atoms with Gasteiger partial charge in [0.25, 0.3) is 5.91 Å². The summed E-state index contributed by atoms with van der Waals surface area (Å²) >= 11 is 0. The third kappa shape index (κ3) is 3.51. The Morgan fingerprint density at radius 1 is 1.21 bits per heavy atom. The number of hydrogen-bond acceptors (Lipinski definition) is 6. The second-order valence-electron chi connectivity index (χ2n) is 5.27. The summed E-state index contributed by atoms with van der Waals surface area (Å²) in [6, 6.07) is 10.7. The molecule has 0 bridgehead atoms. The number of nitrogen functional groups attached to an aromatic ring is 1. The van der Waals surface area contributed by atoms with Gasteiger partial charge in [0.05, 0.1) is 13.7 Å². The Kier molecular flexibility index (Phi) is 4.69. The van der Waals surface area contributed by atoms with E-state index < -0.39 is 0 Å². The number of benzene rings is 1. The van der Waals surface area contributed by atoms with Crippen LogP contribution in [-0.4, -0.2) is 37.8 Å². The monoisotopic (exact) mass is 329 g/mol. The van der Waals surface area contributed by atoms with Crippen LogP contribution in [0.4, 0.5) is 11.6 Å². The lowest BCUT2D eigenvalue weighted by molar-refractivity contribution is -0.121. The fourth-order valence-corrected chi connectivity index (χ4v) is 2.41. The summed E-state index contributed by atoms with van der Waals surface area (Å²) in [7, 11) is 1.62. The SMILES string of the molecule is COc1ccc(OCCCN2C(=O)COc3ccc(N)nc32)cc1. The van der Waals surface area contributed by atoms with Gasteiger partial charge in [-0.25, -0.2) is 4.98 Å². The molecule has 1 aliphatic heterocycles.